The van der Waals surface area contributed by atoms with Crippen LogP contribution in [0.25, 0.3) is 0 Å². The zero-order valence-electron chi connectivity index (χ0n) is 23.6. The van der Waals surface area contributed by atoms with Gasteiger partial charge in [0.25, 0.3) is 0 Å². The Hall–Kier alpha value is -2.77. The van der Waals surface area contributed by atoms with Crippen LogP contribution in [0.3, 0.4) is 0 Å². The number of hydrogen-bond donors (Lipinski definition) is 5. The van der Waals surface area contributed by atoms with E-state index in [4.69, 9.17) is 5.21 Å². The lowest BCUT2D eigenvalue weighted by Gasteiger charge is -2.65. The Kier molecular flexibility index (Phi) is 7.84. The van der Waals surface area contributed by atoms with Crippen LogP contribution in [0.15, 0.2) is 23.1 Å². The van der Waals surface area contributed by atoms with Crippen LogP contribution >= 0.6 is 0 Å². The first-order valence-corrected chi connectivity index (χ1v) is 15.8. The first kappa shape index (κ1) is 29.7. The molecule has 11 nitrogen and oxygen atoms in total. The third-order valence-corrected chi connectivity index (χ3v) is 11.2. The largest absolute Gasteiger partial charge is 0.355 e. The van der Waals surface area contributed by atoms with Gasteiger partial charge in [-0.05, 0) is 86.3 Å². The highest BCUT2D eigenvalue weighted by Gasteiger charge is 2.60. The maximum Gasteiger partial charge on any atom is 0.319 e. The number of rotatable bonds is 8. The molecule has 4 bridgehead atoms. The highest BCUT2D eigenvalue weighted by Crippen LogP contribution is 2.66. The summed E-state index contributed by atoms with van der Waals surface area (Å²) < 4.78 is 42.9. The van der Waals surface area contributed by atoms with Crippen LogP contribution in [0.4, 0.5) is 14.9 Å². The molecule has 13 heteroatoms. The van der Waals surface area contributed by atoms with E-state index < -0.39 is 39.6 Å². The van der Waals surface area contributed by atoms with Crippen LogP contribution in [-0.2, 0) is 19.6 Å². The third-order valence-electron chi connectivity index (χ3n) is 9.36. The van der Waals surface area contributed by atoms with Gasteiger partial charge in [0.15, 0.2) is 0 Å². The number of amides is 4. The molecule has 5 fully saturated rings. The molecule has 2 unspecified atom stereocenters. The molecule has 41 heavy (non-hydrogen) atoms. The smallest absolute Gasteiger partial charge is 0.319 e. The van der Waals surface area contributed by atoms with E-state index in [0.29, 0.717) is 18.8 Å². The van der Waals surface area contributed by atoms with Crippen molar-refractivity contribution in [3.05, 3.63) is 24.0 Å². The number of anilines is 1. The topological polar surface area (TPSA) is 157 Å². The van der Waals surface area contributed by atoms with Crippen LogP contribution < -0.4 is 21.4 Å². The average Bonchev–Trinajstić information content (AvgIpc) is 2.87. The second kappa shape index (κ2) is 10.8. The van der Waals surface area contributed by atoms with Gasteiger partial charge in [-0.3, -0.25) is 14.8 Å². The molecule has 5 aliphatic rings. The molecule has 1 aliphatic heterocycles. The van der Waals surface area contributed by atoms with Gasteiger partial charge in [-0.2, -0.15) is 4.31 Å². The fraction of sp³-hybridized carbons (Fsp3) is 0.679. The fourth-order valence-electron chi connectivity index (χ4n) is 8.76. The number of benzene rings is 1. The molecule has 5 N–H and O–H groups in total. The Morgan fingerprint density at radius 2 is 1.80 bits per heavy atom. The van der Waals surface area contributed by atoms with Crippen molar-refractivity contribution < 1.29 is 32.4 Å². The number of urea groups is 1. The average molecular weight is 594 g/mol. The molecule has 5 atom stereocenters. The summed E-state index contributed by atoms with van der Waals surface area (Å²) in [5, 5.41) is 16.9. The lowest BCUT2D eigenvalue weighted by atomic mass is 9.43. The van der Waals surface area contributed by atoms with Gasteiger partial charge in [-0.1, -0.05) is 13.8 Å². The van der Waals surface area contributed by atoms with Crippen LogP contribution in [0.5, 0.6) is 0 Å². The van der Waals surface area contributed by atoms with Crippen molar-refractivity contribution in [1.29, 1.82) is 0 Å². The third kappa shape index (κ3) is 6.21. The van der Waals surface area contributed by atoms with E-state index in [1.807, 2.05) is 0 Å². The van der Waals surface area contributed by atoms with Gasteiger partial charge < -0.3 is 16.0 Å². The lowest BCUT2D eigenvalue weighted by Crippen LogP contribution is -2.65. The van der Waals surface area contributed by atoms with E-state index in [0.717, 1.165) is 36.1 Å². The molecule has 0 radical (unpaired) electrons. The number of halogens is 1. The molecule has 4 aliphatic carbocycles. The number of carbonyl (C=O) groups excluding carboxylic acids is 3. The molecule has 226 valence electrons. The van der Waals surface area contributed by atoms with E-state index in [1.54, 1.807) is 0 Å². The molecule has 1 aromatic carbocycles. The predicted octanol–water partition coefficient (Wildman–Crippen LogP) is 3.11. The van der Waals surface area contributed by atoms with Gasteiger partial charge in [0.05, 0.1) is 16.5 Å². The number of carbonyl (C=O) groups is 3. The number of hydrogen-bond acceptors (Lipinski definition) is 6. The monoisotopic (exact) mass is 593 g/mol. The van der Waals surface area contributed by atoms with Crippen LogP contribution in [0.1, 0.15) is 71.6 Å². The number of piperidine rings is 1. The Morgan fingerprint density at radius 1 is 1.10 bits per heavy atom. The highest BCUT2D eigenvalue weighted by molar-refractivity contribution is 7.89. The first-order chi connectivity index (χ1) is 19.2. The standard InChI is InChI=1S/C28H40FN5O6S/c1-26-11-18-12-27(2,15-26)17-28(13-18,16-26)32-25(37)31-22-6-5-20(10-21(22)29)41(39,40)34-9-3-4-19(14-34)24(36)30-8-7-23(35)33-38/h5-6,10,18-19,38H,3-4,7-9,11-17H2,1-2H3,(H,30,36)(H,33,35)(H2,31,32,37)/t18?,19-,26-,27+,28?/m0/s1. The predicted molar refractivity (Wildman–Crippen MR) is 148 cm³/mol. The summed E-state index contributed by atoms with van der Waals surface area (Å²) in [4.78, 5) is 36.4. The van der Waals surface area contributed by atoms with Gasteiger partial charge in [-0.25, -0.2) is 23.1 Å². The summed E-state index contributed by atoms with van der Waals surface area (Å²) >= 11 is 0. The molecule has 6 rings (SSSR count). The lowest BCUT2D eigenvalue weighted by molar-refractivity contribution is -0.129. The summed E-state index contributed by atoms with van der Waals surface area (Å²) in [5.74, 6) is -1.95. The van der Waals surface area contributed by atoms with Gasteiger partial charge in [0.2, 0.25) is 21.8 Å². The quantitative estimate of drug-likeness (QED) is 0.230. The fourth-order valence-corrected chi connectivity index (χ4v) is 10.3. The Labute approximate surface area is 240 Å². The second-order valence-electron chi connectivity index (χ2n) is 13.4. The van der Waals surface area contributed by atoms with Gasteiger partial charge in [0, 0.05) is 31.6 Å². The second-order valence-corrected chi connectivity index (χ2v) is 15.3. The van der Waals surface area contributed by atoms with Crippen molar-refractivity contribution >= 4 is 33.6 Å². The van der Waals surface area contributed by atoms with Crippen molar-refractivity contribution in [3.63, 3.8) is 0 Å². The molecule has 1 aromatic rings. The van der Waals surface area contributed by atoms with Crippen LogP contribution in [0, 0.1) is 28.5 Å². The minimum atomic E-state index is -4.10. The summed E-state index contributed by atoms with van der Waals surface area (Å²) in [5.41, 5.74) is 1.47. The normalized spacial score (nSPS) is 32.8. The van der Waals surface area contributed by atoms with Gasteiger partial charge in [0.1, 0.15) is 5.82 Å². The Bertz CT molecular complexity index is 1320. The summed E-state index contributed by atoms with van der Waals surface area (Å²) in [6, 6.07) is 2.92. The maximum atomic E-state index is 15.1. The van der Waals surface area contributed by atoms with E-state index in [1.165, 1.54) is 30.5 Å². The van der Waals surface area contributed by atoms with Gasteiger partial charge in [-0.15, -0.1) is 0 Å². The van der Waals surface area contributed by atoms with E-state index in [-0.39, 0.29) is 53.0 Å². The Morgan fingerprint density at radius 3 is 2.44 bits per heavy atom. The van der Waals surface area contributed by atoms with Crippen molar-refractivity contribution in [2.24, 2.45) is 22.7 Å². The maximum absolute atomic E-state index is 15.1. The first-order valence-electron chi connectivity index (χ1n) is 14.3. The van der Waals surface area contributed by atoms with E-state index >= 15 is 4.39 Å². The van der Waals surface area contributed by atoms with Crippen molar-refractivity contribution in [2.75, 3.05) is 25.0 Å². The van der Waals surface area contributed by atoms with Crippen LogP contribution in [0.2, 0.25) is 0 Å². The number of nitrogens with one attached hydrogen (secondary N) is 4. The SMILES string of the molecule is C[C@]12CC3CC(NC(=O)Nc4ccc(S(=O)(=O)N5CCC[C@H](C(=O)NCCC(=O)NO)C5)cc4F)(C1)C[C@@](C)(C3)C2. The molecule has 1 saturated heterocycles. The number of sulfonamides is 1. The minimum Gasteiger partial charge on any atom is -0.355 e. The van der Waals surface area contributed by atoms with Gasteiger partial charge >= 0.3 is 6.03 Å². The van der Waals surface area contributed by atoms with Crippen molar-refractivity contribution in [2.45, 2.75) is 82.1 Å². The van der Waals surface area contributed by atoms with E-state index in [9.17, 15) is 22.8 Å². The molecular formula is C28H40FN5O6S. The van der Waals surface area contributed by atoms with Crippen molar-refractivity contribution in [3.8, 4) is 0 Å². The molecule has 4 saturated carbocycles. The zero-order chi connectivity index (χ0) is 29.6. The molecule has 0 aromatic heterocycles. The highest BCUT2D eigenvalue weighted by atomic mass is 32.2. The molecule has 0 spiro atoms. The minimum absolute atomic E-state index is 0.00205. The molecule has 1 heterocycles. The molecule has 4 amide bonds. The van der Waals surface area contributed by atoms with E-state index in [2.05, 4.69) is 29.8 Å². The zero-order valence-corrected chi connectivity index (χ0v) is 24.4. The number of nitrogens with zero attached hydrogens (tertiary/aromatic N) is 1. The Balaban J connectivity index is 1.21. The number of hydroxylamine groups is 1. The summed E-state index contributed by atoms with van der Waals surface area (Å²) in [6.45, 7) is 4.72. The van der Waals surface area contributed by atoms with Crippen molar-refractivity contribution in [1.82, 2.24) is 20.4 Å². The summed E-state index contributed by atoms with van der Waals surface area (Å²) in [6.07, 6.45) is 7.07. The molecular weight excluding hydrogens is 553 g/mol. The summed E-state index contributed by atoms with van der Waals surface area (Å²) in [7, 11) is -4.10. The van der Waals surface area contributed by atoms with Crippen LogP contribution in [-0.4, -0.2) is 60.9 Å².